The van der Waals surface area contributed by atoms with E-state index in [1.807, 2.05) is 25.1 Å². The molecule has 2 heterocycles. The molecule has 8 heteroatoms. The van der Waals surface area contributed by atoms with Crippen molar-refractivity contribution >= 4 is 17.7 Å². The molecule has 1 amide bonds. The van der Waals surface area contributed by atoms with Crippen LogP contribution in [0.4, 0.5) is 8.78 Å². The highest BCUT2D eigenvalue weighted by Gasteiger charge is 2.50. The number of carbonyl (C=O) groups excluding carboxylic acids is 2. The van der Waals surface area contributed by atoms with Crippen LogP contribution in [0, 0.1) is 17.6 Å². The van der Waals surface area contributed by atoms with Gasteiger partial charge >= 0.3 is 5.97 Å². The minimum Gasteiger partial charge on any atom is -0.466 e. The van der Waals surface area contributed by atoms with Crippen LogP contribution in [-0.2, 0) is 19.9 Å². The first-order valence-corrected chi connectivity index (χ1v) is 14.2. The van der Waals surface area contributed by atoms with Gasteiger partial charge in [0.2, 0.25) is 0 Å². The molecular formula is C33H35F2N3O3. The number of carbonyl (C=O) groups is 2. The molecule has 0 bridgehead atoms. The van der Waals surface area contributed by atoms with Crippen LogP contribution in [0.5, 0.6) is 0 Å². The van der Waals surface area contributed by atoms with Crippen molar-refractivity contribution in [1.29, 1.82) is 0 Å². The highest BCUT2D eigenvalue weighted by atomic mass is 19.1. The zero-order valence-corrected chi connectivity index (χ0v) is 23.4. The number of benzene rings is 3. The minimum absolute atomic E-state index is 0.105. The number of amidine groups is 1. The SMILES string of the molecule is CCOC(=O)[C@@H]1CN(CCCN2C(=O)C(c3ccc(F)cc3)(c3ccc(F)cc3)N=C2C)CC[C@@H]1c1ccccc1. The average molecular weight is 560 g/mol. The van der Waals surface area contributed by atoms with Gasteiger partial charge in [0.15, 0.2) is 5.54 Å². The first kappa shape index (κ1) is 28.6. The Morgan fingerprint density at radius 2 is 1.56 bits per heavy atom. The molecule has 0 unspecified atom stereocenters. The van der Waals surface area contributed by atoms with Crippen LogP contribution >= 0.6 is 0 Å². The zero-order chi connectivity index (χ0) is 29.0. The van der Waals surface area contributed by atoms with Crippen molar-refractivity contribution in [3.8, 4) is 0 Å². The van der Waals surface area contributed by atoms with Crippen molar-refractivity contribution in [1.82, 2.24) is 9.80 Å². The maximum Gasteiger partial charge on any atom is 0.310 e. The van der Waals surface area contributed by atoms with Gasteiger partial charge in [-0.15, -0.1) is 0 Å². The van der Waals surface area contributed by atoms with E-state index in [0.29, 0.717) is 49.6 Å². The Labute approximate surface area is 239 Å². The summed E-state index contributed by atoms with van der Waals surface area (Å²) in [6, 6.07) is 21.6. The highest BCUT2D eigenvalue weighted by molar-refractivity contribution is 6.09. The second-order valence-electron chi connectivity index (χ2n) is 10.7. The van der Waals surface area contributed by atoms with E-state index >= 15 is 0 Å². The Morgan fingerprint density at radius 1 is 0.951 bits per heavy atom. The third kappa shape index (κ3) is 5.79. The van der Waals surface area contributed by atoms with Crippen LogP contribution in [-0.4, -0.2) is 60.3 Å². The number of amides is 1. The van der Waals surface area contributed by atoms with Crippen LogP contribution in [0.25, 0.3) is 0 Å². The fourth-order valence-corrected chi connectivity index (χ4v) is 6.14. The summed E-state index contributed by atoms with van der Waals surface area (Å²) in [4.78, 5) is 35.7. The molecule has 0 spiro atoms. The van der Waals surface area contributed by atoms with Crippen molar-refractivity contribution in [2.45, 2.75) is 38.1 Å². The van der Waals surface area contributed by atoms with Gasteiger partial charge < -0.3 is 9.64 Å². The Hall–Kier alpha value is -3.91. The largest absolute Gasteiger partial charge is 0.466 e. The monoisotopic (exact) mass is 559 g/mol. The first-order valence-electron chi connectivity index (χ1n) is 14.2. The van der Waals surface area contributed by atoms with Gasteiger partial charge in [0.25, 0.3) is 5.91 Å². The third-order valence-corrected chi connectivity index (χ3v) is 8.17. The van der Waals surface area contributed by atoms with Gasteiger partial charge in [0.05, 0.1) is 12.5 Å². The molecule has 2 atom stereocenters. The molecule has 0 N–H and O–H groups in total. The van der Waals surface area contributed by atoms with Gasteiger partial charge in [-0.1, -0.05) is 54.6 Å². The van der Waals surface area contributed by atoms with Crippen LogP contribution < -0.4 is 0 Å². The van der Waals surface area contributed by atoms with Gasteiger partial charge in [-0.2, -0.15) is 0 Å². The number of aliphatic imine (C=N–C) groups is 1. The number of esters is 1. The van der Waals surface area contributed by atoms with Gasteiger partial charge in [-0.25, -0.2) is 13.8 Å². The lowest BCUT2D eigenvalue weighted by Gasteiger charge is -2.37. The molecule has 0 radical (unpaired) electrons. The second kappa shape index (κ2) is 12.3. The van der Waals surface area contributed by atoms with Gasteiger partial charge in [0, 0.05) is 13.1 Å². The van der Waals surface area contributed by atoms with Crippen molar-refractivity contribution < 1.29 is 23.1 Å². The fourth-order valence-electron chi connectivity index (χ4n) is 6.14. The van der Waals surface area contributed by atoms with E-state index in [9.17, 15) is 18.4 Å². The lowest BCUT2D eigenvalue weighted by atomic mass is 9.80. The van der Waals surface area contributed by atoms with Gasteiger partial charge in [-0.05, 0) is 86.7 Å². The molecule has 2 aliphatic rings. The smallest absolute Gasteiger partial charge is 0.310 e. The number of hydrogen-bond acceptors (Lipinski definition) is 5. The molecule has 214 valence electrons. The first-order chi connectivity index (χ1) is 19.8. The minimum atomic E-state index is -1.41. The number of piperidine rings is 1. The van der Waals surface area contributed by atoms with E-state index in [0.717, 1.165) is 18.5 Å². The topological polar surface area (TPSA) is 62.2 Å². The summed E-state index contributed by atoms with van der Waals surface area (Å²) in [7, 11) is 0. The Balaban J connectivity index is 1.30. The van der Waals surface area contributed by atoms with E-state index in [2.05, 4.69) is 17.0 Å². The predicted octanol–water partition coefficient (Wildman–Crippen LogP) is 5.53. The lowest BCUT2D eigenvalue weighted by Crippen LogP contribution is -2.45. The predicted molar refractivity (Wildman–Crippen MR) is 153 cm³/mol. The molecule has 41 heavy (non-hydrogen) atoms. The molecule has 3 aromatic rings. The normalized spacial score (nSPS) is 20.6. The van der Waals surface area contributed by atoms with E-state index in [4.69, 9.17) is 9.73 Å². The maximum absolute atomic E-state index is 14.1. The fraction of sp³-hybridized carbons (Fsp3) is 0.364. The number of hydrogen-bond donors (Lipinski definition) is 0. The molecule has 0 saturated carbocycles. The molecule has 3 aromatic carbocycles. The maximum atomic E-state index is 14.1. The number of rotatable bonds is 9. The molecule has 5 rings (SSSR count). The third-order valence-electron chi connectivity index (χ3n) is 8.17. The molecule has 2 aliphatic heterocycles. The molecule has 1 saturated heterocycles. The van der Waals surface area contributed by atoms with E-state index < -0.39 is 17.2 Å². The Bertz CT molecular complexity index is 1350. The second-order valence-corrected chi connectivity index (χ2v) is 10.7. The van der Waals surface area contributed by atoms with Gasteiger partial charge in [0.1, 0.15) is 17.5 Å². The van der Waals surface area contributed by atoms with E-state index in [-0.39, 0.29) is 23.7 Å². The molecule has 0 aromatic heterocycles. The Kier molecular flexibility index (Phi) is 8.59. The Morgan fingerprint density at radius 3 is 2.15 bits per heavy atom. The van der Waals surface area contributed by atoms with E-state index in [1.165, 1.54) is 24.3 Å². The summed E-state index contributed by atoms with van der Waals surface area (Å²) < 4.78 is 33.0. The highest BCUT2D eigenvalue weighted by Crippen LogP contribution is 2.40. The van der Waals surface area contributed by atoms with Crippen molar-refractivity contribution in [3.63, 3.8) is 0 Å². The summed E-state index contributed by atoms with van der Waals surface area (Å²) in [6.45, 7) is 6.52. The summed E-state index contributed by atoms with van der Waals surface area (Å²) in [5, 5.41) is 0. The number of ether oxygens (including phenoxy) is 1. The van der Waals surface area contributed by atoms with Crippen LogP contribution in [0.1, 0.15) is 49.3 Å². The van der Waals surface area contributed by atoms with Crippen molar-refractivity contribution in [2.24, 2.45) is 10.9 Å². The van der Waals surface area contributed by atoms with E-state index in [1.54, 1.807) is 36.1 Å². The summed E-state index contributed by atoms with van der Waals surface area (Å²) in [5.41, 5.74) is 0.794. The molecular weight excluding hydrogens is 524 g/mol. The quantitative estimate of drug-likeness (QED) is 0.324. The summed E-state index contributed by atoms with van der Waals surface area (Å²) in [5.74, 6) is -0.852. The number of likely N-dealkylation sites (tertiary alicyclic amines) is 1. The van der Waals surface area contributed by atoms with Crippen LogP contribution in [0.3, 0.4) is 0 Å². The number of nitrogens with zero attached hydrogens (tertiary/aromatic N) is 3. The van der Waals surface area contributed by atoms with Gasteiger partial charge in [-0.3, -0.25) is 14.5 Å². The number of halogens is 2. The standard InChI is InChI=1S/C33H35F2N3O3/c1-3-41-31(39)30-22-37(21-18-29(30)24-8-5-4-6-9-24)19-7-20-38-23(2)36-33(32(38)40,25-10-14-27(34)15-11-25)26-12-16-28(35)17-13-26/h4-6,8-17,29-30H,3,7,18-22H2,1-2H3/t29-,30-/m1/s1. The van der Waals surface area contributed by atoms with Crippen molar-refractivity contribution in [3.05, 3.63) is 107 Å². The molecule has 1 fully saturated rings. The summed E-state index contributed by atoms with van der Waals surface area (Å²) in [6.07, 6.45) is 1.52. The lowest BCUT2D eigenvalue weighted by molar-refractivity contribution is -0.150. The van der Waals surface area contributed by atoms with Crippen molar-refractivity contribution in [2.75, 3.05) is 32.8 Å². The molecule has 6 nitrogen and oxygen atoms in total. The average Bonchev–Trinajstić information content (AvgIpc) is 3.24. The molecule has 0 aliphatic carbocycles. The van der Waals surface area contributed by atoms with Crippen LogP contribution in [0.2, 0.25) is 0 Å². The zero-order valence-electron chi connectivity index (χ0n) is 23.4. The summed E-state index contributed by atoms with van der Waals surface area (Å²) >= 11 is 0. The van der Waals surface area contributed by atoms with Crippen LogP contribution in [0.15, 0.2) is 83.9 Å².